The van der Waals surface area contributed by atoms with Gasteiger partial charge in [0.15, 0.2) is 0 Å². The Morgan fingerprint density at radius 3 is 2.71 bits per heavy atom. The summed E-state index contributed by atoms with van der Waals surface area (Å²) >= 11 is 9.23. The third-order valence-corrected chi connectivity index (χ3v) is 4.15. The van der Waals surface area contributed by atoms with Crippen LogP contribution in [-0.2, 0) is 17.9 Å². The van der Waals surface area contributed by atoms with Gasteiger partial charge in [0.2, 0.25) is 0 Å². The Balaban J connectivity index is 2.00. The molecule has 0 saturated carbocycles. The minimum atomic E-state index is -0.135. The summed E-state index contributed by atoms with van der Waals surface area (Å²) in [5, 5.41) is 3.47. The predicted octanol–water partition coefficient (Wildman–Crippen LogP) is 4.18. The molecule has 21 heavy (non-hydrogen) atoms. The first kappa shape index (κ1) is 16.0. The molecule has 2 rings (SSSR count). The Bertz CT molecular complexity index is 646. The molecule has 0 aliphatic rings. The summed E-state index contributed by atoms with van der Waals surface area (Å²) in [5.74, 6) is -0.135. The van der Waals surface area contributed by atoms with Gasteiger partial charge in [-0.3, -0.25) is 4.79 Å². The van der Waals surface area contributed by atoms with Gasteiger partial charge in [0, 0.05) is 23.7 Å². The van der Waals surface area contributed by atoms with Crippen LogP contribution in [0.25, 0.3) is 0 Å². The quantitative estimate of drug-likeness (QED) is 0.860. The maximum absolute atomic E-state index is 12.1. The SMILES string of the molecule is COCc1cccc(CNC(=O)c2ccc(Cl)c(Br)c2)c1. The average Bonchev–Trinajstić information content (AvgIpc) is 2.48. The first-order valence-corrected chi connectivity index (χ1v) is 7.57. The normalized spacial score (nSPS) is 10.4. The van der Waals surface area contributed by atoms with E-state index in [9.17, 15) is 4.79 Å². The van der Waals surface area contributed by atoms with Crippen molar-refractivity contribution in [1.82, 2.24) is 5.32 Å². The molecule has 2 aromatic carbocycles. The molecule has 0 heterocycles. The number of ether oxygens (including phenoxy) is 1. The number of rotatable bonds is 5. The van der Waals surface area contributed by atoms with Crippen molar-refractivity contribution >= 4 is 33.4 Å². The number of benzene rings is 2. The van der Waals surface area contributed by atoms with E-state index >= 15 is 0 Å². The summed E-state index contributed by atoms with van der Waals surface area (Å²) in [7, 11) is 1.66. The number of halogens is 2. The van der Waals surface area contributed by atoms with Crippen LogP contribution in [0.5, 0.6) is 0 Å². The molecule has 5 heteroatoms. The highest BCUT2D eigenvalue weighted by molar-refractivity contribution is 9.10. The van der Waals surface area contributed by atoms with Gasteiger partial charge in [-0.05, 0) is 45.3 Å². The minimum Gasteiger partial charge on any atom is -0.380 e. The maximum Gasteiger partial charge on any atom is 0.251 e. The first-order valence-electron chi connectivity index (χ1n) is 6.40. The summed E-state index contributed by atoms with van der Waals surface area (Å²) in [5.41, 5.74) is 2.68. The van der Waals surface area contributed by atoms with Crippen molar-refractivity contribution in [3.8, 4) is 0 Å². The molecular formula is C16H15BrClNO2. The monoisotopic (exact) mass is 367 g/mol. The molecule has 0 atom stereocenters. The van der Waals surface area contributed by atoms with E-state index in [1.165, 1.54) is 0 Å². The van der Waals surface area contributed by atoms with E-state index in [2.05, 4.69) is 21.2 Å². The molecule has 0 spiro atoms. The second-order valence-electron chi connectivity index (χ2n) is 4.56. The minimum absolute atomic E-state index is 0.135. The van der Waals surface area contributed by atoms with Crippen LogP contribution in [0.4, 0.5) is 0 Å². The number of methoxy groups -OCH3 is 1. The molecular weight excluding hydrogens is 354 g/mol. The van der Waals surface area contributed by atoms with Gasteiger partial charge >= 0.3 is 0 Å². The van der Waals surface area contributed by atoms with E-state index in [4.69, 9.17) is 16.3 Å². The number of hydrogen-bond donors (Lipinski definition) is 1. The molecule has 3 nitrogen and oxygen atoms in total. The molecule has 0 aliphatic heterocycles. The second kappa shape index (κ2) is 7.59. The molecule has 110 valence electrons. The van der Waals surface area contributed by atoms with Crippen LogP contribution in [0.15, 0.2) is 46.9 Å². The molecule has 0 saturated heterocycles. The lowest BCUT2D eigenvalue weighted by atomic mass is 10.1. The zero-order valence-corrected chi connectivity index (χ0v) is 13.9. The van der Waals surface area contributed by atoms with Crippen molar-refractivity contribution in [2.45, 2.75) is 13.2 Å². The molecule has 1 amide bonds. The summed E-state index contributed by atoms with van der Waals surface area (Å²) in [6, 6.07) is 13.0. The summed E-state index contributed by atoms with van der Waals surface area (Å²) in [4.78, 5) is 12.1. The van der Waals surface area contributed by atoms with Crippen molar-refractivity contribution < 1.29 is 9.53 Å². The summed E-state index contributed by atoms with van der Waals surface area (Å²) in [6.45, 7) is 1.03. The number of carbonyl (C=O) groups excluding carboxylic acids is 1. The molecule has 0 aliphatic carbocycles. The predicted molar refractivity (Wildman–Crippen MR) is 87.5 cm³/mol. The van der Waals surface area contributed by atoms with Crippen LogP contribution in [0.2, 0.25) is 5.02 Å². The van der Waals surface area contributed by atoms with Gasteiger partial charge < -0.3 is 10.1 Å². The largest absolute Gasteiger partial charge is 0.380 e. The molecule has 0 fully saturated rings. The lowest BCUT2D eigenvalue weighted by Crippen LogP contribution is -2.22. The molecule has 0 aromatic heterocycles. The topological polar surface area (TPSA) is 38.3 Å². The fourth-order valence-electron chi connectivity index (χ4n) is 1.92. The molecule has 0 bridgehead atoms. The van der Waals surface area contributed by atoms with Crippen molar-refractivity contribution in [3.63, 3.8) is 0 Å². The van der Waals surface area contributed by atoms with Crippen LogP contribution in [0.1, 0.15) is 21.5 Å². The number of amides is 1. The Kier molecular flexibility index (Phi) is 5.79. The van der Waals surface area contributed by atoms with Crippen LogP contribution in [0, 0.1) is 0 Å². The van der Waals surface area contributed by atoms with Gasteiger partial charge in [0.25, 0.3) is 5.91 Å². The van der Waals surface area contributed by atoms with Gasteiger partial charge in [0.05, 0.1) is 11.6 Å². The van der Waals surface area contributed by atoms with Gasteiger partial charge in [-0.25, -0.2) is 0 Å². The van der Waals surface area contributed by atoms with Crippen molar-refractivity contribution in [2.75, 3.05) is 7.11 Å². The van der Waals surface area contributed by atoms with Crippen LogP contribution in [0.3, 0.4) is 0 Å². The number of hydrogen-bond acceptors (Lipinski definition) is 2. The zero-order valence-electron chi connectivity index (χ0n) is 11.5. The van der Waals surface area contributed by atoms with E-state index in [0.717, 1.165) is 11.1 Å². The van der Waals surface area contributed by atoms with Gasteiger partial charge in [-0.2, -0.15) is 0 Å². The Morgan fingerprint density at radius 1 is 1.24 bits per heavy atom. The Morgan fingerprint density at radius 2 is 2.00 bits per heavy atom. The number of nitrogens with one attached hydrogen (secondary N) is 1. The third-order valence-electron chi connectivity index (χ3n) is 2.94. The fourth-order valence-corrected chi connectivity index (χ4v) is 2.41. The molecule has 0 radical (unpaired) electrons. The first-order chi connectivity index (χ1) is 10.1. The highest BCUT2D eigenvalue weighted by Crippen LogP contribution is 2.23. The van der Waals surface area contributed by atoms with E-state index in [0.29, 0.717) is 28.2 Å². The van der Waals surface area contributed by atoms with Crippen molar-refractivity contribution in [1.29, 1.82) is 0 Å². The second-order valence-corrected chi connectivity index (χ2v) is 5.83. The van der Waals surface area contributed by atoms with Crippen molar-refractivity contribution in [3.05, 3.63) is 68.7 Å². The van der Waals surface area contributed by atoms with Crippen LogP contribution >= 0.6 is 27.5 Å². The van der Waals surface area contributed by atoms with Gasteiger partial charge in [0.1, 0.15) is 0 Å². The van der Waals surface area contributed by atoms with Gasteiger partial charge in [-0.15, -0.1) is 0 Å². The maximum atomic E-state index is 12.1. The van der Waals surface area contributed by atoms with E-state index in [1.807, 2.05) is 24.3 Å². The van der Waals surface area contributed by atoms with Crippen LogP contribution in [-0.4, -0.2) is 13.0 Å². The van der Waals surface area contributed by atoms with Crippen LogP contribution < -0.4 is 5.32 Å². The fraction of sp³-hybridized carbons (Fsp3) is 0.188. The van der Waals surface area contributed by atoms with Crippen molar-refractivity contribution in [2.24, 2.45) is 0 Å². The Hall–Kier alpha value is -1.36. The highest BCUT2D eigenvalue weighted by atomic mass is 79.9. The molecule has 1 N–H and O–H groups in total. The van der Waals surface area contributed by atoms with E-state index < -0.39 is 0 Å². The average molecular weight is 369 g/mol. The standard InChI is InChI=1S/C16H15BrClNO2/c1-21-10-12-4-2-3-11(7-12)9-19-16(20)13-5-6-15(18)14(17)8-13/h2-8H,9-10H2,1H3,(H,19,20). The van der Waals surface area contributed by atoms with E-state index in [-0.39, 0.29) is 5.91 Å². The number of carbonyl (C=O) groups is 1. The zero-order chi connectivity index (χ0) is 15.2. The molecule has 0 unspecified atom stereocenters. The lowest BCUT2D eigenvalue weighted by molar-refractivity contribution is 0.0951. The third kappa shape index (κ3) is 4.56. The lowest BCUT2D eigenvalue weighted by Gasteiger charge is -2.08. The smallest absolute Gasteiger partial charge is 0.251 e. The van der Waals surface area contributed by atoms with Gasteiger partial charge in [-0.1, -0.05) is 35.9 Å². The summed E-state index contributed by atoms with van der Waals surface area (Å²) in [6.07, 6.45) is 0. The van der Waals surface area contributed by atoms with E-state index in [1.54, 1.807) is 25.3 Å². The molecule has 2 aromatic rings. The Labute approximate surface area is 137 Å². The summed E-state index contributed by atoms with van der Waals surface area (Å²) < 4.78 is 5.80. The highest BCUT2D eigenvalue weighted by Gasteiger charge is 2.07.